The summed E-state index contributed by atoms with van der Waals surface area (Å²) in [4.78, 5) is 10.7. The van der Waals surface area contributed by atoms with Gasteiger partial charge in [0.15, 0.2) is 0 Å². The number of aromatic nitrogens is 3. The topological polar surface area (TPSA) is 93.6 Å². The molecule has 0 unspecified atom stereocenters. The highest BCUT2D eigenvalue weighted by Gasteiger charge is 2.12. The summed E-state index contributed by atoms with van der Waals surface area (Å²) >= 11 is 0. The Balaban J connectivity index is 2.32. The summed E-state index contributed by atoms with van der Waals surface area (Å²) in [6, 6.07) is 4.81. The maximum atomic E-state index is 13.6. The Hall–Kier alpha value is -2.63. The summed E-state index contributed by atoms with van der Waals surface area (Å²) in [5, 5.41) is 0.732. The van der Waals surface area contributed by atoms with Gasteiger partial charge in [0.1, 0.15) is 11.6 Å². The van der Waals surface area contributed by atoms with Crippen molar-refractivity contribution in [2.75, 3.05) is 11.5 Å². The molecule has 2 aromatic heterocycles. The second kappa shape index (κ2) is 3.69. The van der Waals surface area contributed by atoms with Crippen LogP contribution in [0.25, 0.3) is 22.0 Å². The molecule has 0 saturated carbocycles. The molecule has 5 nitrogen and oxygen atoms in total. The number of H-pyrrole nitrogens is 1. The van der Waals surface area contributed by atoms with Crippen molar-refractivity contribution in [1.29, 1.82) is 0 Å². The summed E-state index contributed by atoms with van der Waals surface area (Å²) in [5.41, 5.74) is 13.1. The summed E-state index contributed by atoms with van der Waals surface area (Å²) in [6.07, 6.45) is 3.21. The van der Waals surface area contributed by atoms with Gasteiger partial charge in [-0.3, -0.25) is 0 Å². The van der Waals surface area contributed by atoms with Gasteiger partial charge < -0.3 is 16.5 Å². The Bertz CT molecular complexity index is 734. The van der Waals surface area contributed by atoms with Crippen LogP contribution in [0.15, 0.2) is 30.6 Å². The third kappa shape index (κ3) is 1.46. The van der Waals surface area contributed by atoms with Gasteiger partial charge in [-0.25, -0.2) is 9.37 Å². The molecular formula is C12H10FN5. The molecule has 2 heterocycles. The molecule has 90 valence electrons. The summed E-state index contributed by atoms with van der Waals surface area (Å²) in [5.74, 6) is 0.0777. The number of aromatic amines is 1. The zero-order valence-electron chi connectivity index (χ0n) is 9.31. The van der Waals surface area contributed by atoms with Crippen molar-refractivity contribution in [2.45, 2.75) is 0 Å². The lowest BCUT2D eigenvalue weighted by Gasteiger charge is -2.07. The fourth-order valence-corrected chi connectivity index (χ4v) is 1.97. The normalized spacial score (nSPS) is 10.9. The number of rotatable bonds is 1. The smallest absolute Gasteiger partial charge is 0.221 e. The molecule has 0 spiro atoms. The van der Waals surface area contributed by atoms with Crippen molar-refractivity contribution >= 4 is 22.7 Å². The van der Waals surface area contributed by atoms with Crippen LogP contribution in [-0.2, 0) is 0 Å². The average Bonchev–Trinajstić information content (AvgIpc) is 2.81. The molecule has 0 aliphatic heterocycles. The molecule has 6 heteroatoms. The molecule has 3 aromatic rings. The zero-order valence-corrected chi connectivity index (χ0v) is 9.31. The van der Waals surface area contributed by atoms with Gasteiger partial charge >= 0.3 is 0 Å². The van der Waals surface area contributed by atoms with Gasteiger partial charge in [0, 0.05) is 23.3 Å². The molecule has 0 aliphatic carbocycles. The Morgan fingerprint density at radius 2 is 1.94 bits per heavy atom. The number of halogens is 1. The van der Waals surface area contributed by atoms with Gasteiger partial charge in [-0.05, 0) is 17.7 Å². The Kier molecular flexibility index (Phi) is 2.16. The van der Waals surface area contributed by atoms with Crippen molar-refractivity contribution in [1.82, 2.24) is 15.0 Å². The number of hydrogen-bond acceptors (Lipinski definition) is 4. The molecule has 0 atom stereocenters. The second-order valence-electron chi connectivity index (χ2n) is 3.89. The van der Waals surface area contributed by atoms with Crippen molar-refractivity contribution in [3.63, 3.8) is 0 Å². The van der Waals surface area contributed by atoms with Crippen LogP contribution in [0.2, 0.25) is 0 Å². The van der Waals surface area contributed by atoms with Crippen molar-refractivity contribution in [2.24, 2.45) is 0 Å². The number of anilines is 2. The first-order valence-electron chi connectivity index (χ1n) is 5.31. The van der Waals surface area contributed by atoms with Gasteiger partial charge in [0.25, 0.3) is 0 Å². The fraction of sp³-hybridized carbons (Fsp3) is 0. The molecular weight excluding hydrogens is 233 g/mol. The summed E-state index contributed by atoms with van der Waals surface area (Å²) in [6.45, 7) is 0. The standard InChI is InChI=1S/C12H10FN5/c13-9-2-1-6(7-3-4-16-10(7)9)8-5-17-12(15)18-11(8)14/h1-5,16H,(H4,14,15,17,18). The molecule has 1 aromatic carbocycles. The van der Waals surface area contributed by atoms with Crippen LogP contribution in [-0.4, -0.2) is 15.0 Å². The lowest BCUT2D eigenvalue weighted by molar-refractivity contribution is 0.637. The van der Waals surface area contributed by atoms with Crippen LogP contribution in [0.4, 0.5) is 16.2 Å². The zero-order chi connectivity index (χ0) is 12.7. The maximum absolute atomic E-state index is 13.6. The highest BCUT2D eigenvalue weighted by Crippen LogP contribution is 2.32. The van der Waals surface area contributed by atoms with E-state index in [9.17, 15) is 4.39 Å². The Labute approximate surface area is 102 Å². The highest BCUT2D eigenvalue weighted by molar-refractivity contribution is 5.97. The number of nitrogen functional groups attached to an aromatic ring is 2. The Morgan fingerprint density at radius 1 is 1.11 bits per heavy atom. The number of nitrogens with zero attached hydrogens (tertiary/aromatic N) is 2. The van der Waals surface area contributed by atoms with Crippen LogP contribution >= 0.6 is 0 Å². The molecule has 18 heavy (non-hydrogen) atoms. The SMILES string of the molecule is Nc1ncc(-c2ccc(F)c3[nH]ccc23)c(N)n1. The second-order valence-corrected chi connectivity index (χ2v) is 3.89. The van der Waals surface area contributed by atoms with E-state index in [2.05, 4.69) is 15.0 Å². The highest BCUT2D eigenvalue weighted by atomic mass is 19.1. The first-order chi connectivity index (χ1) is 8.66. The van der Waals surface area contributed by atoms with Crippen LogP contribution in [0.3, 0.4) is 0 Å². The number of fused-ring (bicyclic) bond motifs is 1. The van der Waals surface area contributed by atoms with Crippen LogP contribution in [0, 0.1) is 5.82 Å². The van der Waals surface area contributed by atoms with E-state index in [-0.39, 0.29) is 17.6 Å². The van der Waals surface area contributed by atoms with Gasteiger partial charge in [0.2, 0.25) is 5.95 Å². The van der Waals surface area contributed by atoms with E-state index in [0.717, 1.165) is 10.9 Å². The van der Waals surface area contributed by atoms with E-state index in [1.54, 1.807) is 18.3 Å². The molecule has 3 rings (SSSR count). The molecule has 0 radical (unpaired) electrons. The van der Waals surface area contributed by atoms with Crippen LogP contribution < -0.4 is 11.5 Å². The fourth-order valence-electron chi connectivity index (χ4n) is 1.97. The van der Waals surface area contributed by atoms with Gasteiger partial charge in [0.05, 0.1) is 5.52 Å². The predicted molar refractivity (Wildman–Crippen MR) is 68.1 cm³/mol. The minimum absolute atomic E-state index is 0.115. The molecule has 0 amide bonds. The number of hydrogen-bond donors (Lipinski definition) is 3. The van der Waals surface area contributed by atoms with E-state index in [4.69, 9.17) is 11.5 Å². The molecule has 0 fully saturated rings. The van der Waals surface area contributed by atoms with E-state index in [1.165, 1.54) is 12.3 Å². The van der Waals surface area contributed by atoms with E-state index in [1.807, 2.05) is 0 Å². The quantitative estimate of drug-likeness (QED) is 0.608. The monoisotopic (exact) mass is 243 g/mol. The van der Waals surface area contributed by atoms with Gasteiger partial charge in [-0.2, -0.15) is 4.98 Å². The van der Waals surface area contributed by atoms with Crippen molar-refractivity contribution < 1.29 is 4.39 Å². The number of nitrogens with two attached hydrogens (primary N) is 2. The average molecular weight is 243 g/mol. The van der Waals surface area contributed by atoms with Crippen LogP contribution in [0.1, 0.15) is 0 Å². The minimum Gasteiger partial charge on any atom is -0.383 e. The predicted octanol–water partition coefficient (Wildman–Crippen LogP) is 1.93. The van der Waals surface area contributed by atoms with E-state index in [0.29, 0.717) is 11.1 Å². The third-order valence-corrected chi connectivity index (χ3v) is 2.80. The van der Waals surface area contributed by atoms with Gasteiger partial charge in [-0.15, -0.1) is 0 Å². The van der Waals surface area contributed by atoms with Crippen molar-refractivity contribution in [3.8, 4) is 11.1 Å². The maximum Gasteiger partial charge on any atom is 0.221 e. The first-order valence-corrected chi connectivity index (χ1v) is 5.31. The van der Waals surface area contributed by atoms with E-state index < -0.39 is 0 Å². The first kappa shape index (κ1) is 10.5. The molecule has 0 aliphatic rings. The largest absolute Gasteiger partial charge is 0.383 e. The Morgan fingerprint density at radius 3 is 2.72 bits per heavy atom. The molecule has 0 saturated heterocycles. The van der Waals surface area contributed by atoms with Crippen LogP contribution in [0.5, 0.6) is 0 Å². The lowest BCUT2D eigenvalue weighted by atomic mass is 10.0. The minimum atomic E-state index is -0.311. The van der Waals surface area contributed by atoms with Crippen molar-refractivity contribution in [3.05, 3.63) is 36.4 Å². The molecule has 5 N–H and O–H groups in total. The van der Waals surface area contributed by atoms with Gasteiger partial charge in [-0.1, -0.05) is 6.07 Å². The summed E-state index contributed by atoms with van der Waals surface area (Å²) in [7, 11) is 0. The summed E-state index contributed by atoms with van der Waals surface area (Å²) < 4.78 is 13.6. The lowest BCUT2D eigenvalue weighted by Crippen LogP contribution is -2.01. The molecule has 0 bridgehead atoms. The number of nitrogens with one attached hydrogen (secondary N) is 1. The van der Waals surface area contributed by atoms with E-state index >= 15 is 0 Å². The third-order valence-electron chi connectivity index (χ3n) is 2.80. The number of benzene rings is 1.